The van der Waals surface area contributed by atoms with Gasteiger partial charge in [-0.3, -0.25) is 0 Å². The van der Waals surface area contributed by atoms with Crippen LogP contribution in [-0.2, 0) is 0 Å². The van der Waals surface area contributed by atoms with Gasteiger partial charge in [0, 0.05) is 24.0 Å². The van der Waals surface area contributed by atoms with Crippen LogP contribution in [0, 0.1) is 6.92 Å². The topological polar surface area (TPSA) is 47.0 Å². The minimum atomic E-state index is 0.641. The SMILES string of the molecule is Cc1cc(Cl)ccc1OCCCNc1ncccn1. The fourth-order valence-corrected chi connectivity index (χ4v) is 1.85. The number of nitrogens with zero attached hydrogens (tertiary/aromatic N) is 2. The summed E-state index contributed by atoms with van der Waals surface area (Å²) in [6, 6.07) is 7.41. The van der Waals surface area contributed by atoms with Crippen molar-refractivity contribution in [1.29, 1.82) is 0 Å². The van der Waals surface area contributed by atoms with Crippen molar-refractivity contribution >= 4 is 17.5 Å². The highest BCUT2D eigenvalue weighted by atomic mass is 35.5. The zero-order valence-electron chi connectivity index (χ0n) is 10.8. The molecule has 0 saturated carbocycles. The van der Waals surface area contributed by atoms with E-state index in [1.54, 1.807) is 18.5 Å². The van der Waals surface area contributed by atoms with Crippen LogP contribution in [-0.4, -0.2) is 23.1 Å². The van der Waals surface area contributed by atoms with Gasteiger partial charge in [0.25, 0.3) is 0 Å². The van der Waals surface area contributed by atoms with E-state index in [-0.39, 0.29) is 0 Å². The number of aromatic nitrogens is 2. The third-order valence-corrected chi connectivity index (χ3v) is 2.80. The van der Waals surface area contributed by atoms with Crippen molar-refractivity contribution in [1.82, 2.24) is 9.97 Å². The van der Waals surface area contributed by atoms with E-state index in [1.165, 1.54) is 0 Å². The summed E-state index contributed by atoms with van der Waals surface area (Å²) in [6.07, 6.45) is 4.30. The average Bonchev–Trinajstić information content (AvgIpc) is 2.42. The highest BCUT2D eigenvalue weighted by Gasteiger charge is 2.00. The molecule has 0 atom stereocenters. The van der Waals surface area contributed by atoms with Crippen LogP contribution in [0.25, 0.3) is 0 Å². The molecule has 0 radical (unpaired) electrons. The second kappa shape index (κ2) is 6.95. The van der Waals surface area contributed by atoms with Gasteiger partial charge in [-0.15, -0.1) is 0 Å². The van der Waals surface area contributed by atoms with E-state index < -0.39 is 0 Å². The summed E-state index contributed by atoms with van der Waals surface area (Å²) < 4.78 is 5.69. The normalized spacial score (nSPS) is 10.2. The van der Waals surface area contributed by atoms with Crippen molar-refractivity contribution < 1.29 is 4.74 Å². The lowest BCUT2D eigenvalue weighted by Crippen LogP contribution is -2.09. The van der Waals surface area contributed by atoms with Crippen LogP contribution in [0.5, 0.6) is 5.75 Å². The van der Waals surface area contributed by atoms with E-state index >= 15 is 0 Å². The van der Waals surface area contributed by atoms with Crippen LogP contribution in [0.1, 0.15) is 12.0 Å². The smallest absolute Gasteiger partial charge is 0.222 e. The Bertz CT molecular complexity index is 519. The molecule has 2 aromatic rings. The number of hydrogen-bond acceptors (Lipinski definition) is 4. The lowest BCUT2D eigenvalue weighted by atomic mass is 10.2. The molecular weight excluding hydrogens is 262 g/mol. The lowest BCUT2D eigenvalue weighted by molar-refractivity contribution is 0.313. The van der Waals surface area contributed by atoms with E-state index in [0.29, 0.717) is 12.6 Å². The quantitative estimate of drug-likeness (QED) is 0.823. The number of aryl methyl sites for hydroxylation is 1. The molecule has 100 valence electrons. The molecule has 0 aliphatic rings. The van der Waals surface area contributed by atoms with Gasteiger partial charge >= 0.3 is 0 Å². The van der Waals surface area contributed by atoms with E-state index in [0.717, 1.165) is 29.3 Å². The predicted molar refractivity (Wildman–Crippen MR) is 76.8 cm³/mol. The molecule has 5 heteroatoms. The molecule has 19 heavy (non-hydrogen) atoms. The zero-order valence-corrected chi connectivity index (χ0v) is 11.5. The van der Waals surface area contributed by atoms with Crippen LogP contribution in [0.2, 0.25) is 5.02 Å². The molecule has 0 aliphatic carbocycles. The number of rotatable bonds is 6. The maximum absolute atomic E-state index is 5.89. The van der Waals surface area contributed by atoms with Crippen LogP contribution in [0.15, 0.2) is 36.7 Å². The molecule has 0 unspecified atom stereocenters. The minimum absolute atomic E-state index is 0.641. The van der Waals surface area contributed by atoms with Crippen LogP contribution >= 0.6 is 11.6 Å². The first-order chi connectivity index (χ1) is 9.25. The number of nitrogens with one attached hydrogen (secondary N) is 1. The summed E-state index contributed by atoms with van der Waals surface area (Å²) in [4.78, 5) is 8.16. The van der Waals surface area contributed by atoms with Crippen molar-refractivity contribution in [2.75, 3.05) is 18.5 Å². The average molecular weight is 278 g/mol. The number of ether oxygens (including phenoxy) is 1. The monoisotopic (exact) mass is 277 g/mol. The molecule has 0 spiro atoms. The summed E-state index contributed by atoms with van der Waals surface area (Å²) in [5, 5.41) is 3.86. The molecule has 0 saturated heterocycles. The first-order valence-corrected chi connectivity index (χ1v) is 6.53. The highest BCUT2D eigenvalue weighted by molar-refractivity contribution is 6.30. The molecule has 0 amide bonds. The summed E-state index contributed by atoms with van der Waals surface area (Å²) in [6.45, 7) is 3.40. The van der Waals surface area contributed by atoms with Gasteiger partial charge in [0.2, 0.25) is 5.95 Å². The van der Waals surface area contributed by atoms with E-state index in [1.807, 2.05) is 25.1 Å². The maximum Gasteiger partial charge on any atom is 0.222 e. The Morgan fingerprint density at radius 3 is 2.79 bits per heavy atom. The molecule has 2 rings (SSSR count). The fourth-order valence-electron chi connectivity index (χ4n) is 1.62. The summed E-state index contributed by atoms with van der Waals surface area (Å²) >= 11 is 5.89. The Labute approximate surface area is 117 Å². The summed E-state index contributed by atoms with van der Waals surface area (Å²) in [5.41, 5.74) is 1.05. The van der Waals surface area contributed by atoms with E-state index in [2.05, 4.69) is 15.3 Å². The molecule has 4 nitrogen and oxygen atoms in total. The van der Waals surface area contributed by atoms with Gasteiger partial charge in [-0.1, -0.05) is 11.6 Å². The Balaban J connectivity index is 1.69. The van der Waals surface area contributed by atoms with Gasteiger partial charge in [0.1, 0.15) is 5.75 Å². The molecule has 1 aromatic carbocycles. The molecular formula is C14H16ClN3O. The Morgan fingerprint density at radius 1 is 1.26 bits per heavy atom. The van der Waals surface area contributed by atoms with Crippen molar-refractivity contribution in [3.8, 4) is 5.75 Å². The Morgan fingerprint density at radius 2 is 2.05 bits per heavy atom. The second-order valence-corrected chi connectivity index (χ2v) is 4.55. The Kier molecular flexibility index (Phi) is 4.98. The standard InChI is InChI=1S/C14H16ClN3O/c1-11-10-12(15)4-5-13(11)19-9-3-8-18-14-16-6-2-7-17-14/h2,4-7,10H,3,8-9H2,1H3,(H,16,17,18). The molecule has 1 heterocycles. The number of anilines is 1. The summed E-state index contributed by atoms with van der Waals surface area (Å²) in [5.74, 6) is 1.52. The number of hydrogen-bond donors (Lipinski definition) is 1. The van der Waals surface area contributed by atoms with Crippen LogP contribution < -0.4 is 10.1 Å². The van der Waals surface area contributed by atoms with E-state index in [9.17, 15) is 0 Å². The van der Waals surface area contributed by atoms with Gasteiger partial charge in [-0.25, -0.2) is 9.97 Å². The van der Waals surface area contributed by atoms with Crippen molar-refractivity contribution in [3.05, 3.63) is 47.2 Å². The third-order valence-electron chi connectivity index (χ3n) is 2.56. The second-order valence-electron chi connectivity index (χ2n) is 4.11. The molecule has 0 bridgehead atoms. The van der Waals surface area contributed by atoms with Crippen molar-refractivity contribution in [2.45, 2.75) is 13.3 Å². The summed E-state index contributed by atoms with van der Waals surface area (Å²) in [7, 11) is 0. The van der Waals surface area contributed by atoms with Crippen LogP contribution in [0.3, 0.4) is 0 Å². The Hall–Kier alpha value is -1.81. The first-order valence-electron chi connectivity index (χ1n) is 6.15. The predicted octanol–water partition coefficient (Wildman–Crippen LogP) is 3.32. The third kappa shape index (κ3) is 4.41. The van der Waals surface area contributed by atoms with E-state index in [4.69, 9.17) is 16.3 Å². The molecule has 0 fully saturated rings. The lowest BCUT2D eigenvalue weighted by Gasteiger charge is -2.09. The van der Waals surface area contributed by atoms with Gasteiger partial charge < -0.3 is 10.1 Å². The van der Waals surface area contributed by atoms with Gasteiger partial charge in [-0.05, 0) is 43.2 Å². The molecule has 1 N–H and O–H groups in total. The van der Waals surface area contributed by atoms with Crippen LogP contribution in [0.4, 0.5) is 5.95 Å². The first kappa shape index (κ1) is 13.6. The van der Waals surface area contributed by atoms with Crippen molar-refractivity contribution in [2.24, 2.45) is 0 Å². The fraction of sp³-hybridized carbons (Fsp3) is 0.286. The van der Waals surface area contributed by atoms with Gasteiger partial charge in [-0.2, -0.15) is 0 Å². The zero-order chi connectivity index (χ0) is 13.5. The van der Waals surface area contributed by atoms with Gasteiger partial charge in [0.05, 0.1) is 6.61 Å². The number of benzene rings is 1. The number of halogens is 1. The maximum atomic E-state index is 5.89. The minimum Gasteiger partial charge on any atom is -0.493 e. The highest BCUT2D eigenvalue weighted by Crippen LogP contribution is 2.21. The van der Waals surface area contributed by atoms with Crippen molar-refractivity contribution in [3.63, 3.8) is 0 Å². The largest absolute Gasteiger partial charge is 0.493 e. The molecule has 1 aromatic heterocycles. The molecule has 0 aliphatic heterocycles. The van der Waals surface area contributed by atoms with Gasteiger partial charge in [0.15, 0.2) is 0 Å².